The largest absolute Gasteiger partial charge is 0.300 e. The van der Waals surface area contributed by atoms with E-state index in [4.69, 9.17) is 0 Å². The topological polar surface area (TPSA) is 6.48 Å². The third-order valence-corrected chi connectivity index (χ3v) is 4.38. The highest BCUT2D eigenvalue weighted by Crippen LogP contribution is 2.26. The predicted octanol–water partition coefficient (Wildman–Crippen LogP) is 2.59. The van der Waals surface area contributed by atoms with Crippen LogP contribution in [0.3, 0.4) is 0 Å². The first-order chi connectivity index (χ1) is 7.47. The lowest BCUT2D eigenvalue weighted by atomic mass is 9.97. The second-order valence-corrected chi connectivity index (χ2v) is 6.78. The molecular weight excluding hydrogens is 196 g/mol. The molecule has 0 aromatic heterocycles. The van der Waals surface area contributed by atoms with E-state index in [1.54, 1.807) is 0 Å². The summed E-state index contributed by atoms with van der Waals surface area (Å²) in [5.74, 6) is 0.931. The van der Waals surface area contributed by atoms with Gasteiger partial charge in [0, 0.05) is 31.2 Å². The van der Waals surface area contributed by atoms with Crippen molar-refractivity contribution in [3.05, 3.63) is 0 Å². The Kier molecular flexibility index (Phi) is 3.60. The lowest BCUT2D eigenvalue weighted by molar-refractivity contribution is 0.0639. The maximum absolute atomic E-state index is 2.74. The fourth-order valence-corrected chi connectivity index (χ4v) is 3.20. The molecule has 2 nitrogen and oxygen atoms in total. The van der Waals surface area contributed by atoms with Crippen molar-refractivity contribution in [1.82, 2.24) is 9.80 Å². The molecule has 0 saturated carbocycles. The monoisotopic (exact) mass is 224 g/mol. The molecule has 16 heavy (non-hydrogen) atoms. The van der Waals surface area contributed by atoms with Crippen molar-refractivity contribution in [1.29, 1.82) is 0 Å². The van der Waals surface area contributed by atoms with Crippen molar-refractivity contribution in [3.63, 3.8) is 0 Å². The Labute approximate surface area is 101 Å². The van der Waals surface area contributed by atoms with E-state index in [1.165, 1.54) is 45.4 Å². The summed E-state index contributed by atoms with van der Waals surface area (Å²) in [6, 6.07) is 0.878. The molecule has 0 radical (unpaired) electrons. The smallest absolute Gasteiger partial charge is 0.0125 e. The normalized spacial score (nSPS) is 31.1. The molecule has 0 unspecified atom stereocenters. The van der Waals surface area contributed by atoms with Crippen LogP contribution in [0.5, 0.6) is 0 Å². The highest BCUT2D eigenvalue weighted by Gasteiger charge is 2.31. The first-order valence-electron chi connectivity index (χ1n) is 6.96. The van der Waals surface area contributed by atoms with Crippen molar-refractivity contribution in [2.75, 3.05) is 26.2 Å². The van der Waals surface area contributed by atoms with Gasteiger partial charge in [0.15, 0.2) is 0 Å². The van der Waals surface area contributed by atoms with Crippen LogP contribution in [0.15, 0.2) is 0 Å². The summed E-state index contributed by atoms with van der Waals surface area (Å²) in [4.78, 5) is 5.38. The number of hydrogen-bond acceptors (Lipinski definition) is 2. The first kappa shape index (κ1) is 12.4. The molecule has 2 aliphatic rings. The van der Waals surface area contributed by atoms with E-state index in [2.05, 4.69) is 37.5 Å². The lowest BCUT2D eigenvalue weighted by Gasteiger charge is -2.43. The Morgan fingerprint density at radius 3 is 2.00 bits per heavy atom. The summed E-state index contributed by atoms with van der Waals surface area (Å²) in [5, 5.41) is 0. The average molecular weight is 224 g/mol. The van der Waals surface area contributed by atoms with Crippen molar-refractivity contribution in [2.24, 2.45) is 5.92 Å². The van der Waals surface area contributed by atoms with Gasteiger partial charge in [0.2, 0.25) is 0 Å². The van der Waals surface area contributed by atoms with Crippen LogP contribution in [0.2, 0.25) is 0 Å². The Morgan fingerprint density at radius 1 is 0.938 bits per heavy atom. The van der Waals surface area contributed by atoms with E-state index < -0.39 is 0 Å². The molecule has 2 fully saturated rings. The van der Waals surface area contributed by atoms with E-state index in [9.17, 15) is 0 Å². The molecule has 2 heterocycles. The lowest BCUT2D eigenvalue weighted by Crippen LogP contribution is -2.50. The minimum absolute atomic E-state index is 0.364. The molecule has 2 aliphatic heterocycles. The number of piperidine rings is 1. The van der Waals surface area contributed by atoms with Gasteiger partial charge in [-0.25, -0.2) is 0 Å². The van der Waals surface area contributed by atoms with Gasteiger partial charge in [0.05, 0.1) is 0 Å². The molecule has 1 atom stereocenters. The Balaban J connectivity index is 1.81. The van der Waals surface area contributed by atoms with Crippen LogP contribution in [-0.2, 0) is 0 Å². The molecular formula is C14H28N2. The molecule has 0 aromatic rings. The van der Waals surface area contributed by atoms with Crippen LogP contribution in [0.4, 0.5) is 0 Å². The van der Waals surface area contributed by atoms with Crippen LogP contribution < -0.4 is 0 Å². The fraction of sp³-hybridized carbons (Fsp3) is 1.00. The fourth-order valence-electron chi connectivity index (χ4n) is 3.20. The molecule has 0 aliphatic carbocycles. The van der Waals surface area contributed by atoms with Gasteiger partial charge < -0.3 is 4.90 Å². The van der Waals surface area contributed by atoms with Crippen LogP contribution >= 0.6 is 0 Å². The van der Waals surface area contributed by atoms with Crippen molar-refractivity contribution >= 4 is 0 Å². The molecule has 0 amide bonds. The summed E-state index contributed by atoms with van der Waals surface area (Å²) in [6.07, 6.45) is 4.17. The third-order valence-electron chi connectivity index (χ3n) is 4.38. The minimum atomic E-state index is 0.364. The van der Waals surface area contributed by atoms with Crippen LogP contribution in [0.1, 0.15) is 47.0 Å². The zero-order valence-corrected chi connectivity index (χ0v) is 11.5. The summed E-state index contributed by atoms with van der Waals surface area (Å²) in [6.45, 7) is 14.7. The third kappa shape index (κ3) is 2.78. The Bertz CT molecular complexity index is 223. The van der Waals surface area contributed by atoms with Gasteiger partial charge in [-0.15, -0.1) is 0 Å². The van der Waals surface area contributed by atoms with Gasteiger partial charge >= 0.3 is 0 Å². The summed E-state index contributed by atoms with van der Waals surface area (Å²) in [7, 11) is 0. The van der Waals surface area contributed by atoms with Gasteiger partial charge in [0.25, 0.3) is 0 Å². The van der Waals surface area contributed by atoms with Gasteiger partial charge in [-0.3, -0.25) is 4.90 Å². The second-order valence-electron chi connectivity index (χ2n) is 6.78. The zero-order valence-electron chi connectivity index (χ0n) is 11.5. The molecule has 0 N–H and O–H groups in total. The SMILES string of the molecule is C[C@@H]1CCN(C2CCN(C(C)(C)C)CC2)C1. The van der Waals surface area contributed by atoms with Gasteiger partial charge in [0.1, 0.15) is 0 Å². The number of hydrogen-bond donors (Lipinski definition) is 0. The number of nitrogens with zero attached hydrogens (tertiary/aromatic N) is 2. The number of rotatable bonds is 1. The molecule has 2 heteroatoms. The van der Waals surface area contributed by atoms with Gasteiger partial charge in [-0.05, 0) is 52.5 Å². The van der Waals surface area contributed by atoms with E-state index in [0.29, 0.717) is 5.54 Å². The quantitative estimate of drug-likeness (QED) is 0.675. The zero-order chi connectivity index (χ0) is 11.8. The van der Waals surface area contributed by atoms with E-state index in [1.807, 2.05) is 0 Å². The van der Waals surface area contributed by atoms with Crippen molar-refractivity contribution in [3.8, 4) is 0 Å². The van der Waals surface area contributed by atoms with Crippen LogP contribution in [0.25, 0.3) is 0 Å². The number of likely N-dealkylation sites (tertiary alicyclic amines) is 2. The first-order valence-corrected chi connectivity index (χ1v) is 6.96. The Hall–Kier alpha value is -0.0800. The highest BCUT2D eigenvalue weighted by atomic mass is 15.2. The van der Waals surface area contributed by atoms with E-state index in [-0.39, 0.29) is 0 Å². The Morgan fingerprint density at radius 2 is 1.56 bits per heavy atom. The summed E-state index contributed by atoms with van der Waals surface area (Å²) < 4.78 is 0. The summed E-state index contributed by atoms with van der Waals surface area (Å²) in [5.41, 5.74) is 0.364. The highest BCUT2D eigenvalue weighted by molar-refractivity contribution is 4.87. The maximum atomic E-state index is 2.74. The van der Waals surface area contributed by atoms with Gasteiger partial charge in [-0.2, -0.15) is 0 Å². The second kappa shape index (κ2) is 4.66. The maximum Gasteiger partial charge on any atom is 0.0125 e. The van der Waals surface area contributed by atoms with Crippen LogP contribution in [0, 0.1) is 5.92 Å². The predicted molar refractivity (Wildman–Crippen MR) is 69.7 cm³/mol. The standard InChI is InChI=1S/C14H28N2/c1-12-5-8-15(11-12)13-6-9-16(10-7-13)14(2,3)4/h12-13H,5-11H2,1-4H3/t12-/m1/s1. The summed E-state index contributed by atoms with van der Waals surface area (Å²) >= 11 is 0. The van der Waals surface area contributed by atoms with Crippen molar-refractivity contribution < 1.29 is 0 Å². The van der Waals surface area contributed by atoms with E-state index in [0.717, 1.165) is 12.0 Å². The van der Waals surface area contributed by atoms with Crippen molar-refractivity contribution in [2.45, 2.75) is 58.5 Å². The molecule has 0 aromatic carbocycles. The molecule has 94 valence electrons. The molecule has 2 saturated heterocycles. The average Bonchev–Trinajstić information content (AvgIpc) is 2.64. The molecule has 0 spiro atoms. The van der Waals surface area contributed by atoms with Crippen LogP contribution in [-0.4, -0.2) is 47.6 Å². The van der Waals surface area contributed by atoms with E-state index >= 15 is 0 Å². The molecule has 2 rings (SSSR count). The molecule has 0 bridgehead atoms. The van der Waals surface area contributed by atoms with Gasteiger partial charge in [-0.1, -0.05) is 6.92 Å². The minimum Gasteiger partial charge on any atom is -0.300 e.